The second-order valence-electron chi connectivity index (χ2n) is 5.84. The lowest BCUT2D eigenvalue weighted by atomic mass is 9.63. The molecule has 0 radical (unpaired) electrons. The Kier molecular flexibility index (Phi) is 4.57. The molecule has 1 amide bonds. The van der Waals surface area contributed by atoms with E-state index in [1.165, 1.54) is 0 Å². The largest absolute Gasteiger partial charge is 0.481 e. The van der Waals surface area contributed by atoms with E-state index in [1.807, 2.05) is 18.2 Å². The van der Waals surface area contributed by atoms with Crippen LogP contribution < -0.4 is 5.32 Å². The fraction of sp³-hybridized carbons (Fsp3) is 0.500. The van der Waals surface area contributed by atoms with Gasteiger partial charge in [-0.3, -0.25) is 9.59 Å². The van der Waals surface area contributed by atoms with Gasteiger partial charge in [-0.1, -0.05) is 30.2 Å². The zero-order chi connectivity index (χ0) is 15.6. The molecule has 1 aromatic rings. The van der Waals surface area contributed by atoms with Crippen molar-refractivity contribution >= 4 is 23.5 Å². The second kappa shape index (κ2) is 6.06. The first kappa shape index (κ1) is 15.8. The van der Waals surface area contributed by atoms with E-state index in [9.17, 15) is 9.59 Å². The fourth-order valence-corrected chi connectivity index (χ4v) is 2.84. The van der Waals surface area contributed by atoms with Crippen LogP contribution >= 0.6 is 11.6 Å². The van der Waals surface area contributed by atoms with Crippen molar-refractivity contribution in [2.24, 2.45) is 5.92 Å². The third-order valence-electron chi connectivity index (χ3n) is 4.52. The van der Waals surface area contributed by atoms with E-state index in [0.717, 1.165) is 24.8 Å². The Morgan fingerprint density at radius 2 is 2.00 bits per heavy atom. The first-order chi connectivity index (χ1) is 9.86. The molecule has 1 aliphatic carbocycles. The molecule has 0 spiro atoms. The molecule has 0 aromatic heterocycles. The van der Waals surface area contributed by atoms with Crippen molar-refractivity contribution in [3.05, 3.63) is 34.9 Å². The highest BCUT2D eigenvalue weighted by Crippen LogP contribution is 2.44. The Hall–Kier alpha value is -1.55. The summed E-state index contributed by atoms with van der Waals surface area (Å²) < 4.78 is 0. The van der Waals surface area contributed by atoms with E-state index in [2.05, 4.69) is 5.32 Å². The van der Waals surface area contributed by atoms with Crippen LogP contribution in [0.5, 0.6) is 0 Å². The van der Waals surface area contributed by atoms with Gasteiger partial charge in [0.1, 0.15) is 0 Å². The molecule has 1 saturated carbocycles. The minimum absolute atomic E-state index is 0.100. The third kappa shape index (κ3) is 3.05. The first-order valence-corrected chi connectivity index (χ1v) is 7.54. The molecule has 2 rings (SSSR count). The molecule has 2 unspecified atom stereocenters. The number of benzene rings is 1. The van der Waals surface area contributed by atoms with Crippen LogP contribution in [0.3, 0.4) is 0 Å². The Bertz CT molecular complexity index is 554. The van der Waals surface area contributed by atoms with E-state index in [0.29, 0.717) is 5.02 Å². The summed E-state index contributed by atoms with van der Waals surface area (Å²) in [6.45, 7) is 3.32. The minimum atomic E-state index is -0.909. The van der Waals surface area contributed by atoms with E-state index >= 15 is 0 Å². The van der Waals surface area contributed by atoms with Crippen molar-refractivity contribution in [1.29, 1.82) is 0 Å². The molecule has 1 fully saturated rings. The van der Waals surface area contributed by atoms with E-state index < -0.39 is 23.3 Å². The second-order valence-corrected chi connectivity index (χ2v) is 6.27. The summed E-state index contributed by atoms with van der Waals surface area (Å²) in [7, 11) is 0. The quantitative estimate of drug-likeness (QED) is 0.878. The highest BCUT2D eigenvalue weighted by Gasteiger charge is 2.46. The molecule has 0 saturated heterocycles. The van der Waals surface area contributed by atoms with Gasteiger partial charge in [0.05, 0.1) is 11.3 Å². The topological polar surface area (TPSA) is 66.4 Å². The molecule has 0 heterocycles. The Morgan fingerprint density at radius 1 is 1.33 bits per heavy atom. The van der Waals surface area contributed by atoms with Gasteiger partial charge in [-0.05, 0) is 44.4 Å². The minimum Gasteiger partial charge on any atom is -0.481 e. The summed E-state index contributed by atoms with van der Waals surface area (Å²) in [5.74, 6) is -1.63. The van der Waals surface area contributed by atoms with Crippen molar-refractivity contribution in [3.8, 4) is 0 Å². The Morgan fingerprint density at radius 3 is 2.48 bits per heavy atom. The van der Waals surface area contributed by atoms with Crippen molar-refractivity contribution in [2.75, 3.05) is 0 Å². The van der Waals surface area contributed by atoms with Crippen molar-refractivity contribution in [1.82, 2.24) is 5.32 Å². The van der Waals surface area contributed by atoms with Crippen LogP contribution in [0, 0.1) is 5.92 Å². The number of hydrogen-bond acceptors (Lipinski definition) is 2. The number of amides is 1. The Labute approximate surface area is 129 Å². The van der Waals surface area contributed by atoms with Gasteiger partial charge in [-0.2, -0.15) is 0 Å². The zero-order valence-electron chi connectivity index (χ0n) is 12.2. The highest BCUT2D eigenvalue weighted by molar-refractivity contribution is 6.30. The van der Waals surface area contributed by atoms with Gasteiger partial charge in [-0.25, -0.2) is 0 Å². The van der Waals surface area contributed by atoms with Crippen molar-refractivity contribution < 1.29 is 14.7 Å². The summed E-state index contributed by atoms with van der Waals surface area (Å²) in [4.78, 5) is 23.7. The zero-order valence-corrected chi connectivity index (χ0v) is 13.0. The van der Waals surface area contributed by atoms with Gasteiger partial charge in [0.15, 0.2) is 0 Å². The summed E-state index contributed by atoms with van der Waals surface area (Å²) in [6.07, 6.45) is 2.53. The number of carboxylic acids is 1. The number of carbonyl (C=O) groups excluding carboxylic acids is 1. The smallest absolute Gasteiger partial charge is 0.308 e. The number of halogens is 1. The van der Waals surface area contributed by atoms with Gasteiger partial charge >= 0.3 is 5.97 Å². The predicted octanol–water partition coefficient (Wildman–Crippen LogP) is 2.99. The summed E-state index contributed by atoms with van der Waals surface area (Å²) in [5.41, 5.74) is 0.353. The van der Waals surface area contributed by atoms with Gasteiger partial charge in [0, 0.05) is 11.1 Å². The number of nitrogens with one attached hydrogen (secondary N) is 1. The molecule has 2 N–H and O–H groups in total. The van der Waals surface area contributed by atoms with Gasteiger partial charge in [-0.15, -0.1) is 0 Å². The van der Waals surface area contributed by atoms with Crippen LogP contribution in [0.25, 0.3) is 0 Å². The molecule has 0 bridgehead atoms. The lowest BCUT2D eigenvalue weighted by Gasteiger charge is -2.41. The van der Waals surface area contributed by atoms with Crippen LogP contribution in [-0.2, 0) is 15.0 Å². The van der Waals surface area contributed by atoms with Gasteiger partial charge in [0.25, 0.3) is 0 Å². The normalized spacial score (nSPS) is 19.2. The summed E-state index contributed by atoms with van der Waals surface area (Å²) >= 11 is 6.02. The maximum absolute atomic E-state index is 12.6. The molecule has 1 aromatic carbocycles. The third-order valence-corrected chi connectivity index (χ3v) is 4.75. The first-order valence-electron chi connectivity index (χ1n) is 7.16. The van der Waals surface area contributed by atoms with Crippen LogP contribution in [0.2, 0.25) is 5.02 Å². The van der Waals surface area contributed by atoms with Gasteiger partial charge < -0.3 is 10.4 Å². The van der Waals surface area contributed by atoms with Crippen LogP contribution in [-0.4, -0.2) is 23.0 Å². The van der Waals surface area contributed by atoms with Crippen molar-refractivity contribution in [2.45, 2.75) is 44.6 Å². The molecule has 21 heavy (non-hydrogen) atoms. The summed E-state index contributed by atoms with van der Waals surface area (Å²) in [5, 5.41) is 12.5. The SMILES string of the molecule is CC(NC(=O)C1(c2cccc(Cl)c2)CCC1)C(C)C(=O)O. The van der Waals surface area contributed by atoms with Crippen LogP contribution in [0.15, 0.2) is 24.3 Å². The number of aliphatic carboxylic acids is 1. The number of rotatable bonds is 5. The Balaban J connectivity index is 2.17. The molecule has 5 heteroatoms. The average Bonchev–Trinajstić information content (AvgIpc) is 2.36. The lowest BCUT2D eigenvalue weighted by Crippen LogP contribution is -2.53. The number of carbonyl (C=O) groups is 2. The maximum atomic E-state index is 12.6. The average molecular weight is 310 g/mol. The van der Waals surface area contributed by atoms with E-state index in [4.69, 9.17) is 16.7 Å². The molecule has 2 atom stereocenters. The molecule has 4 nitrogen and oxygen atoms in total. The molecule has 1 aliphatic rings. The van der Waals surface area contributed by atoms with E-state index in [1.54, 1.807) is 19.9 Å². The van der Waals surface area contributed by atoms with Crippen molar-refractivity contribution in [3.63, 3.8) is 0 Å². The summed E-state index contributed by atoms with van der Waals surface area (Å²) in [6, 6.07) is 6.95. The molecular formula is C16H20ClNO3. The highest BCUT2D eigenvalue weighted by atomic mass is 35.5. The van der Waals surface area contributed by atoms with Crippen LogP contribution in [0.4, 0.5) is 0 Å². The number of carboxylic acid groups (broad SMARTS) is 1. The predicted molar refractivity (Wildman–Crippen MR) is 81.4 cm³/mol. The molecule has 0 aliphatic heterocycles. The molecular weight excluding hydrogens is 290 g/mol. The lowest BCUT2D eigenvalue weighted by molar-refractivity contribution is -0.142. The maximum Gasteiger partial charge on any atom is 0.308 e. The van der Waals surface area contributed by atoms with Crippen LogP contribution in [0.1, 0.15) is 38.7 Å². The van der Waals surface area contributed by atoms with Gasteiger partial charge in [0.2, 0.25) is 5.91 Å². The molecule has 114 valence electrons. The van der Waals surface area contributed by atoms with E-state index in [-0.39, 0.29) is 5.91 Å². The standard InChI is InChI=1S/C16H20ClNO3/c1-10(14(19)20)11(2)18-15(21)16(7-4-8-16)12-5-3-6-13(17)9-12/h3,5-6,9-11H,4,7-8H2,1-2H3,(H,18,21)(H,19,20). The monoisotopic (exact) mass is 309 g/mol. The fourth-order valence-electron chi connectivity index (χ4n) is 2.65. The number of hydrogen-bond donors (Lipinski definition) is 2.